The van der Waals surface area contributed by atoms with Crippen molar-refractivity contribution in [3.63, 3.8) is 0 Å². The molecule has 0 radical (unpaired) electrons. The summed E-state index contributed by atoms with van der Waals surface area (Å²) in [6.45, 7) is 0. The van der Waals surface area contributed by atoms with Crippen LogP contribution in [0.15, 0.2) is 69.4 Å². The van der Waals surface area contributed by atoms with Crippen LogP contribution in [-0.4, -0.2) is 23.0 Å². The van der Waals surface area contributed by atoms with E-state index in [9.17, 15) is 18.4 Å². The van der Waals surface area contributed by atoms with E-state index in [4.69, 9.17) is 40.5 Å². The Labute approximate surface area is 215 Å². The van der Waals surface area contributed by atoms with Gasteiger partial charge in [-0.1, -0.05) is 46.9 Å². The van der Waals surface area contributed by atoms with E-state index in [-0.39, 0.29) is 26.6 Å². The van der Waals surface area contributed by atoms with Crippen molar-refractivity contribution in [3.8, 4) is 0 Å². The summed E-state index contributed by atoms with van der Waals surface area (Å²) in [5.74, 6) is -4.83. The van der Waals surface area contributed by atoms with Crippen LogP contribution in [0.3, 0.4) is 0 Å². The Balaban J connectivity index is 2.30. The van der Waals surface area contributed by atoms with Crippen LogP contribution in [0.5, 0.6) is 0 Å². The van der Waals surface area contributed by atoms with Crippen molar-refractivity contribution in [2.75, 3.05) is 4.90 Å². The monoisotopic (exact) mass is 586 g/mol. The maximum Gasteiger partial charge on any atom is 0.271 e. The Morgan fingerprint density at radius 2 is 1.56 bits per heavy atom. The van der Waals surface area contributed by atoms with E-state index >= 15 is 0 Å². The van der Waals surface area contributed by atoms with Gasteiger partial charge in [0.2, 0.25) is 0 Å². The highest BCUT2D eigenvalue weighted by molar-refractivity contribution is 9.10. The van der Waals surface area contributed by atoms with Crippen LogP contribution in [0.4, 0.5) is 20.3 Å². The van der Waals surface area contributed by atoms with Crippen molar-refractivity contribution in [1.29, 1.82) is 0 Å². The predicted octanol–water partition coefficient (Wildman–Crippen LogP) is 6.66. The highest BCUT2D eigenvalue weighted by atomic mass is 79.9. The highest BCUT2D eigenvalue weighted by Crippen LogP contribution is 2.34. The smallest absolute Gasteiger partial charge is 0.271 e. The molecule has 0 spiro atoms. The minimum atomic E-state index is -1.22. The lowest BCUT2D eigenvalue weighted by molar-refractivity contribution is 0.0892. The highest BCUT2D eigenvalue weighted by Gasteiger charge is 2.34. The van der Waals surface area contributed by atoms with Crippen LogP contribution in [0.2, 0.25) is 10.0 Å². The molecule has 2 aromatic carbocycles. The summed E-state index contributed by atoms with van der Waals surface area (Å²) in [7, 11) is 0. The molecule has 0 unspecified atom stereocenters. The number of carbonyl (C=O) groups excluding carboxylic acids is 2. The zero-order valence-electron chi connectivity index (χ0n) is 16.8. The topological polar surface area (TPSA) is 88.7 Å². The molecular weight excluding hydrogens is 577 g/mol. The molecule has 2 N–H and O–H groups in total. The van der Waals surface area contributed by atoms with Crippen LogP contribution >= 0.6 is 50.7 Å². The Morgan fingerprint density at radius 3 is 2.03 bits per heavy atom. The molecule has 34 heavy (non-hydrogen) atoms. The third-order valence-corrected chi connectivity index (χ3v) is 5.56. The average Bonchev–Trinajstić information content (AvgIpc) is 2.78. The van der Waals surface area contributed by atoms with Gasteiger partial charge < -0.3 is 5.73 Å². The number of amides is 2. The van der Waals surface area contributed by atoms with E-state index in [2.05, 4.69) is 25.9 Å². The number of aromatic nitrogens is 1. The lowest BCUT2D eigenvalue weighted by Crippen LogP contribution is -2.39. The van der Waals surface area contributed by atoms with E-state index < -0.39 is 34.6 Å². The second-order valence-corrected chi connectivity index (χ2v) is 8.61. The molecule has 0 fully saturated rings. The Morgan fingerprint density at radius 1 is 1.03 bits per heavy atom. The molecule has 3 aromatic rings. The van der Waals surface area contributed by atoms with Crippen LogP contribution in [-0.2, 0) is 0 Å². The molecule has 1 aromatic heterocycles. The van der Waals surface area contributed by atoms with Crippen LogP contribution < -0.4 is 10.6 Å². The van der Waals surface area contributed by atoms with E-state index in [0.29, 0.717) is 9.37 Å². The van der Waals surface area contributed by atoms with Gasteiger partial charge >= 0.3 is 0 Å². The molecular formula is C22H12BrCl3F2N4O2. The molecule has 0 atom stereocenters. The van der Waals surface area contributed by atoms with Crippen molar-refractivity contribution in [2.45, 2.75) is 0 Å². The molecule has 6 nitrogen and oxygen atoms in total. The van der Waals surface area contributed by atoms with Gasteiger partial charge in [-0.05, 0) is 46.3 Å². The van der Waals surface area contributed by atoms with Crippen molar-refractivity contribution < 1.29 is 18.4 Å². The third-order valence-electron chi connectivity index (χ3n) is 4.27. The summed E-state index contributed by atoms with van der Waals surface area (Å²) < 4.78 is 29.7. The maximum absolute atomic E-state index is 14.6. The summed E-state index contributed by atoms with van der Waals surface area (Å²) in [6, 6.07) is 8.45. The van der Waals surface area contributed by atoms with E-state index in [1.54, 1.807) is 0 Å². The predicted molar refractivity (Wildman–Crippen MR) is 132 cm³/mol. The quantitative estimate of drug-likeness (QED) is 0.267. The molecule has 0 aliphatic rings. The van der Waals surface area contributed by atoms with Crippen LogP contribution in [0, 0.1) is 11.6 Å². The number of nitrogens with zero attached hydrogens (tertiary/aromatic N) is 3. The first kappa shape index (κ1) is 25.8. The minimum absolute atomic E-state index is 0.0319. The number of rotatable bonds is 5. The van der Waals surface area contributed by atoms with Crippen molar-refractivity contribution in [3.05, 3.63) is 97.2 Å². The van der Waals surface area contributed by atoms with Gasteiger partial charge in [-0.2, -0.15) is 0 Å². The zero-order chi connectivity index (χ0) is 25.0. The van der Waals surface area contributed by atoms with Gasteiger partial charge in [-0.15, -0.1) is 0 Å². The largest absolute Gasteiger partial charge is 0.403 e. The number of nitrogens with two attached hydrogens (primary N) is 1. The van der Waals surface area contributed by atoms with Crippen molar-refractivity contribution in [2.24, 2.45) is 10.7 Å². The standard InChI is InChI=1S/C22H12BrCl3F2N4O2/c23-11-7-17(30-10-12(24)8-29)20(31-9-11)32(21(33)18-13(25)3-1-5-15(18)27)22(34)19-14(26)4-2-6-16(19)28/h1-10H,29H2/b12-8+,30-10?. The second-order valence-electron chi connectivity index (χ2n) is 6.45. The third kappa shape index (κ3) is 5.44. The summed E-state index contributed by atoms with van der Waals surface area (Å²) in [6.07, 6.45) is 3.45. The number of benzene rings is 2. The first-order valence-electron chi connectivity index (χ1n) is 9.19. The Bertz CT molecular complexity index is 1250. The molecule has 12 heteroatoms. The van der Waals surface area contributed by atoms with Gasteiger partial charge in [0.15, 0.2) is 5.82 Å². The number of anilines is 1. The van der Waals surface area contributed by atoms with Gasteiger partial charge in [0, 0.05) is 23.1 Å². The fourth-order valence-corrected chi connectivity index (χ4v) is 3.63. The van der Waals surface area contributed by atoms with Gasteiger partial charge in [0.1, 0.15) is 17.3 Å². The number of aliphatic imine (C=N–C) groups is 1. The maximum atomic E-state index is 14.6. The van der Waals surface area contributed by atoms with Crippen LogP contribution in [0.1, 0.15) is 20.7 Å². The van der Waals surface area contributed by atoms with Crippen LogP contribution in [0.25, 0.3) is 0 Å². The Kier molecular flexibility index (Phi) is 8.37. The molecule has 0 aliphatic carbocycles. The van der Waals surface area contributed by atoms with E-state index in [0.717, 1.165) is 24.5 Å². The second kappa shape index (κ2) is 11.1. The number of hydrogen-bond donors (Lipinski definition) is 1. The molecule has 174 valence electrons. The number of allylic oxidation sites excluding steroid dienone is 1. The number of imide groups is 1. The van der Waals surface area contributed by atoms with Gasteiger partial charge in [0.05, 0.1) is 26.2 Å². The molecule has 1 heterocycles. The summed E-state index contributed by atoms with van der Waals surface area (Å²) in [5.41, 5.74) is 4.01. The molecule has 2 amide bonds. The SMILES string of the molecule is N/C=C(/Cl)C=Nc1cc(Br)cnc1N(C(=O)c1c(F)cccc1Cl)C(=O)c1c(F)cccc1Cl. The van der Waals surface area contributed by atoms with E-state index in [1.807, 2.05) is 0 Å². The zero-order valence-corrected chi connectivity index (χ0v) is 20.6. The Hall–Kier alpha value is -2.85. The summed E-state index contributed by atoms with van der Waals surface area (Å²) in [5, 5.41) is -0.526. The lowest BCUT2D eigenvalue weighted by atomic mass is 10.1. The molecule has 0 bridgehead atoms. The van der Waals surface area contributed by atoms with Gasteiger partial charge in [0.25, 0.3) is 11.8 Å². The molecule has 0 saturated heterocycles. The van der Waals surface area contributed by atoms with Crippen molar-refractivity contribution >= 4 is 80.3 Å². The van der Waals surface area contributed by atoms with E-state index in [1.165, 1.54) is 36.5 Å². The first-order chi connectivity index (χ1) is 16.1. The molecule has 0 aliphatic heterocycles. The fraction of sp³-hybridized carbons (Fsp3) is 0. The average molecular weight is 589 g/mol. The van der Waals surface area contributed by atoms with Gasteiger partial charge in [-0.3, -0.25) is 14.6 Å². The fourth-order valence-electron chi connectivity index (χ4n) is 2.78. The number of pyridine rings is 1. The van der Waals surface area contributed by atoms with Gasteiger partial charge in [-0.25, -0.2) is 18.7 Å². The first-order valence-corrected chi connectivity index (χ1v) is 11.1. The molecule has 0 saturated carbocycles. The summed E-state index contributed by atoms with van der Waals surface area (Å²) >= 11 is 21.2. The lowest BCUT2D eigenvalue weighted by Gasteiger charge is -2.23. The number of hydrogen-bond acceptors (Lipinski definition) is 5. The minimum Gasteiger partial charge on any atom is -0.403 e. The number of carbonyl (C=O) groups is 2. The number of halogens is 6. The summed E-state index contributed by atoms with van der Waals surface area (Å²) in [4.78, 5) is 35.7. The van der Waals surface area contributed by atoms with Crippen molar-refractivity contribution in [1.82, 2.24) is 4.98 Å². The molecule has 3 rings (SSSR count). The normalized spacial score (nSPS) is 11.6.